The fourth-order valence-electron chi connectivity index (χ4n) is 0.802. The van der Waals surface area contributed by atoms with E-state index in [2.05, 4.69) is 0 Å². The van der Waals surface area contributed by atoms with Crippen molar-refractivity contribution >= 4 is 5.97 Å². The minimum Gasteiger partial charge on any atom is -0.480 e. The van der Waals surface area contributed by atoms with Crippen molar-refractivity contribution in [2.75, 3.05) is 6.61 Å². The fourth-order valence-corrected chi connectivity index (χ4v) is 0.802. The molecule has 0 amide bonds. The van der Waals surface area contributed by atoms with E-state index in [0.29, 0.717) is 5.76 Å². The summed E-state index contributed by atoms with van der Waals surface area (Å²) in [4.78, 5) is 10.0. The average molecular weight is 170 g/mol. The molecular weight excluding hydrogens is 160 g/mol. The van der Waals surface area contributed by atoms with Crippen LogP contribution in [-0.2, 0) is 16.1 Å². The van der Waals surface area contributed by atoms with Crippen LogP contribution in [0.3, 0.4) is 0 Å². The maximum Gasteiger partial charge on any atom is 0.329 e. The maximum atomic E-state index is 10.0. The van der Waals surface area contributed by atoms with Crippen molar-refractivity contribution in [3.8, 4) is 0 Å². The Labute approximate surface area is 69.8 Å². The largest absolute Gasteiger partial charge is 0.480 e. The molecule has 0 fully saturated rings. The first kappa shape index (κ1) is 8.80. The van der Waals surface area contributed by atoms with Gasteiger partial charge in [0.25, 0.3) is 0 Å². The molecule has 0 saturated carbocycles. The lowest BCUT2D eigenvalue weighted by Crippen LogP contribution is -2.06. The molecule has 0 bridgehead atoms. The molecule has 1 aromatic heterocycles. The molecule has 0 saturated heterocycles. The zero-order valence-electron chi connectivity index (χ0n) is 6.74. The summed E-state index contributed by atoms with van der Waals surface area (Å²) in [6, 6.07) is 3.57. The highest BCUT2D eigenvalue weighted by Gasteiger charge is 2.00. The highest BCUT2D eigenvalue weighted by atomic mass is 16.5. The van der Waals surface area contributed by atoms with Gasteiger partial charge in [-0.3, -0.25) is 0 Å². The zero-order valence-corrected chi connectivity index (χ0v) is 6.74. The fraction of sp³-hybridized carbons (Fsp3) is 0.375. The molecule has 66 valence electrons. The highest BCUT2D eigenvalue weighted by Crippen LogP contribution is 2.06. The second-order valence-electron chi connectivity index (χ2n) is 2.40. The smallest absolute Gasteiger partial charge is 0.329 e. The highest BCUT2D eigenvalue weighted by molar-refractivity contribution is 5.67. The van der Waals surface area contributed by atoms with Crippen molar-refractivity contribution in [3.05, 3.63) is 23.7 Å². The Hall–Kier alpha value is -1.29. The number of aliphatic carboxylic acids is 1. The second kappa shape index (κ2) is 3.92. The summed E-state index contributed by atoms with van der Waals surface area (Å²) in [7, 11) is 0. The first-order valence-corrected chi connectivity index (χ1v) is 3.53. The Morgan fingerprint density at radius 2 is 2.42 bits per heavy atom. The van der Waals surface area contributed by atoms with Crippen LogP contribution in [0.1, 0.15) is 11.5 Å². The van der Waals surface area contributed by atoms with E-state index in [-0.39, 0.29) is 13.2 Å². The third-order valence-electron chi connectivity index (χ3n) is 1.27. The molecule has 0 aromatic carbocycles. The molecule has 0 unspecified atom stereocenters. The van der Waals surface area contributed by atoms with Crippen LogP contribution in [-0.4, -0.2) is 17.7 Å². The number of carboxylic acids is 1. The molecule has 1 heterocycles. The minimum atomic E-state index is -0.974. The standard InChI is InChI=1S/C8H10O4/c1-6-2-3-7(12-6)4-11-5-8(9)10/h2-3H,4-5H2,1H3,(H,9,10). The predicted octanol–water partition coefficient (Wildman–Crippen LogP) is 1.19. The van der Waals surface area contributed by atoms with Crippen molar-refractivity contribution in [2.24, 2.45) is 0 Å². The van der Waals surface area contributed by atoms with Crippen LogP contribution in [0.4, 0.5) is 0 Å². The summed E-state index contributed by atoms with van der Waals surface area (Å²) < 4.78 is 9.95. The van der Waals surface area contributed by atoms with Crippen LogP contribution in [0.2, 0.25) is 0 Å². The van der Waals surface area contributed by atoms with Gasteiger partial charge in [-0.25, -0.2) is 4.79 Å². The number of ether oxygens (including phenoxy) is 1. The summed E-state index contributed by atoms with van der Waals surface area (Å²) in [5.41, 5.74) is 0. The van der Waals surface area contributed by atoms with Crippen LogP contribution in [0.5, 0.6) is 0 Å². The lowest BCUT2D eigenvalue weighted by molar-refractivity contribution is -0.142. The number of hydrogen-bond donors (Lipinski definition) is 1. The van der Waals surface area contributed by atoms with Crippen LogP contribution >= 0.6 is 0 Å². The van der Waals surface area contributed by atoms with E-state index in [0.717, 1.165) is 5.76 Å². The zero-order chi connectivity index (χ0) is 8.97. The number of aryl methyl sites for hydroxylation is 1. The molecule has 4 nitrogen and oxygen atoms in total. The van der Waals surface area contributed by atoms with E-state index < -0.39 is 5.97 Å². The Morgan fingerprint density at radius 3 is 2.92 bits per heavy atom. The van der Waals surface area contributed by atoms with E-state index in [1.807, 2.05) is 6.92 Å². The molecule has 0 aliphatic heterocycles. The van der Waals surface area contributed by atoms with Gasteiger partial charge in [-0.05, 0) is 19.1 Å². The summed E-state index contributed by atoms with van der Waals surface area (Å²) in [6.45, 7) is 1.74. The van der Waals surface area contributed by atoms with Crippen molar-refractivity contribution in [1.82, 2.24) is 0 Å². The van der Waals surface area contributed by atoms with Gasteiger partial charge in [-0.1, -0.05) is 0 Å². The summed E-state index contributed by atoms with van der Waals surface area (Å²) in [6.07, 6.45) is 0. The SMILES string of the molecule is Cc1ccc(COCC(=O)O)o1. The lowest BCUT2D eigenvalue weighted by Gasteiger charge is -1.96. The molecule has 0 aliphatic rings. The Bertz CT molecular complexity index is 264. The molecular formula is C8H10O4. The Morgan fingerprint density at radius 1 is 1.67 bits per heavy atom. The molecule has 1 rings (SSSR count). The Balaban J connectivity index is 2.29. The number of carboxylic acid groups (broad SMARTS) is 1. The predicted molar refractivity (Wildman–Crippen MR) is 40.7 cm³/mol. The van der Waals surface area contributed by atoms with Crippen LogP contribution in [0, 0.1) is 6.92 Å². The molecule has 0 aliphatic carbocycles. The maximum absolute atomic E-state index is 10.0. The van der Waals surface area contributed by atoms with Gasteiger partial charge < -0.3 is 14.3 Å². The van der Waals surface area contributed by atoms with E-state index in [4.69, 9.17) is 14.3 Å². The normalized spacial score (nSPS) is 10.1. The summed E-state index contributed by atoms with van der Waals surface area (Å²) >= 11 is 0. The quantitative estimate of drug-likeness (QED) is 0.737. The van der Waals surface area contributed by atoms with Gasteiger partial charge in [0.1, 0.15) is 24.7 Å². The van der Waals surface area contributed by atoms with Crippen LogP contribution in [0.25, 0.3) is 0 Å². The number of hydrogen-bond acceptors (Lipinski definition) is 3. The topological polar surface area (TPSA) is 59.7 Å². The number of furan rings is 1. The summed E-state index contributed by atoms with van der Waals surface area (Å²) in [5, 5.41) is 8.24. The molecule has 0 radical (unpaired) electrons. The molecule has 1 aromatic rings. The minimum absolute atomic E-state index is 0.208. The average Bonchev–Trinajstić information content (AvgIpc) is 2.35. The van der Waals surface area contributed by atoms with E-state index in [9.17, 15) is 4.79 Å². The third kappa shape index (κ3) is 2.75. The van der Waals surface area contributed by atoms with Crippen LogP contribution in [0.15, 0.2) is 16.5 Å². The second-order valence-corrected chi connectivity index (χ2v) is 2.40. The Kier molecular flexibility index (Phi) is 2.88. The van der Waals surface area contributed by atoms with Gasteiger partial charge in [-0.2, -0.15) is 0 Å². The summed E-state index contributed by atoms with van der Waals surface area (Å²) in [5.74, 6) is 0.468. The molecule has 0 atom stereocenters. The first-order valence-electron chi connectivity index (χ1n) is 3.53. The first-order chi connectivity index (χ1) is 5.68. The monoisotopic (exact) mass is 170 g/mol. The van der Waals surface area contributed by atoms with Gasteiger partial charge in [-0.15, -0.1) is 0 Å². The van der Waals surface area contributed by atoms with E-state index >= 15 is 0 Å². The van der Waals surface area contributed by atoms with E-state index in [1.165, 1.54) is 0 Å². The van der Waals surface area contributed by atoms with E-state index in [1.54, 1.807) is 12.1 Å². The van der Waals surface area contributed by atoms with Crippen molar-refractivity contribution in [1.29, 1.82) is 0 Å². The molecule has 1 N–H and O–H groups in total. The van der Waals surface area contributed by atoms with Gasteiger partial charge in [0.15, 0.2) is 0 Å². The van der Waals surface area contributed by atoms with Crippen LogP contribution < -0.4 is 0 Å². The third-order valence-corrected chi connectivity index (χ3v) is 1.27. The van der Waals surface area contributed by atoms with Crippen molar-refractivity contribution in [3.63, 3.8) is 0 Å². The number of carbonyl (C=O) groups is 1. The van der Waals surface area contributed by atoms with Crippen molar-refractivity contribution < 1.29 is 19.1 Å². The molecule has 4 heteroatoms. The van der Waals surface area contributed by atoms with Gasteiger partial charge in [0.05, 0.1) is 0 Å². The van der Waals surface area contributed by atoms with Gasteiger partial charge in [0.2, 0.25) is 0 Å². The molecule has 12 heavy (non-hydrogen) atoms. The van der Waals surface area contributed by atoms with Gasteiger partial charge >= 0.3 is 5.97 Å². The van der Waals surface area contributed by atoms with Gasteiger partial charge in [0, 0.05) is 0 Å². The van der Waals surface area contributed by atoms with Crippen molar-refractivity contribution in [2.45, 2.75) is 13.5 Å². The number of rotatable bonds is 4. The lowest BCUT2D eigenvalue weighted by atomic mass is 10.4. The molecule has 0 spiro atoms.